The topological polar surface area (TPSA) is 23.8 Å². The third-order valence-electron chi connectivity index (χ3n) is 1.27. The van der Waals surface area contributed by atoms with Gasteiger partial charge in [-0.15, -0.1) is 0 Å². The minimum atomic E-state index is -2.53. The summed E-state index contributed by atoms with van der Waals surface area (Å²) >= 11 is 0. The molecule has 0 spiro atoms. The standard InChI is InChI=1S/C5H5F2N.C2H6/c6-5(7)1-4(2-5)3-8;1-2/h4H,1-2H2;1-2H3. The van der Waals surface area contributed by atoms with Gasteiger partial charge >= 0.3 is 0 Å². The van der Waals surface area contributed by atoms with Gasteiger partial charge in [0.15, 0.2) is 0 Å². The molecule has 0 heterocycles. The van der Waals surface area contributed by atoms with E-state index in [1.165, 1.54) is 0 Å². The van der Waals surface area contributed by atoms with Crippen LogP contribution in [0.15, 0.2) is 0 Å². The Morgan fingerprint density at radius 1 is 1.40 bits per heavy atom. The Morgan fingerprint density at radius 2 is 1.80 bits per heavy atom. The maximum absolute atomic E-state index is 11.8. The lowest BCUT2D eigenvalue weighted by Gasteiger charge is -2.29. The van der Waals surface area contributed by atoms with Crippen LogP contribution in [0.5, 0.6) is 0 Å². The van der Waals surface area contributed by atoms with E-state index in [4.69, 9.17) is 5.26 Å². The summed E-state index contributed by atoms with van der Waals surface area (Å²) in [7, 11) is 0. The van der Waals surface area contributed by atoms with Crippen molar-refractivity contribution in [1.29, 1.82) is 5.26 Å². The molecule has 3 heteroatoms. The monoisotopic (exact) mass is 147 g/mol. The molecule has 10 heavy (non-hydrogen) atoms. The van der Waals surface area contributed by atoms with Crippen molar-refractivity contribution >= 4 is 0 Å². The highest BCUT2D eigenvalue weighted by Gasteiger charge is 2.45. The maximum Gasteiger partial charge on any atom is 0.250 e. The zero-order valence-electron chi connectivity index (χ0n) is 6.19. The van der Waals surface area contributed by atoms with Crippen LogP contribution in [0, 0.1) is 17.2 Å². The number of hydrogen-bond acceptors (Lipinski definition) is 1. The average Bonchev–Trinajstić information content (AvgIpc) is 1.87. The maximum atomic E-state index is 11.8. The third kappa shape index (κ3) is 2.30. The molecule has 1 aliphatic rings. The molecular weight excluding hydrogens is 136 g/mol. The molecular formula is C7H11F2N. The molecule has 0 unspecified atom stereocenters. The molecule has 1 nitrogen and oxygen atoms in total. The van der Waals surface area contributed by atoms with Gasteiger partial charge in [0.2, 0.25) is 0 Å². The van der Waals surface area contributed by atoms with Gasteiger partial charge in [0.05, 0.1) is 12.0 Å². The quantitative estimate of drug-likeness (QED) is 0.516. The van der Waals surface area contributed by atoms with Gasteiger partial charge in [-0.1, -0.05) is 13.8 Å². The Labute approximate surface area is 59.7 Å². The molecule has 0 saturated heterocycles. The van der Waals surface area contributed by atoms with Crippen molar-refractivity contribution in [1.82, 2.24) is 0 Å². The predicted octanol–water partition coefficient (Wildman–Crippen LogP) is 2.58. The van der Waals surface area contributed by atoms with Gasteiger partial charge in [0.1, 0.15) is 0 Å². The van der Waals surface area contributed by atoms with Crippen molar-refractivity contribution in [3.8, 4) is 6.07 Å². The van der Waals surface area contributed by atoms with Crippen molar-refractivity contribution < 1.29 is 8.78 Å². The lowest BCUT2D eigenvalue weighted by atomic mass is 9.83. The lowest BCUT2D eigenvalue weighted by molar-refractivity contribution is -0.0941. The van der Waals surface area contributed by atoms with Gasteiger partial charge in [-0.25, -0.2) is 8.78 Å². The second-order valence-electron chi connectivity index (χ2n) is 2.09. The molecule has 0 aliphatic heterocycles. The summed E-state index contributed by atoms with van der Waals surface area (Å²) in [6.07, 6.45) is -0.465. The Bertz CT molecular complexity index is 129. The molecule has 1 aliphatic carbocycles. The number of alkyl halides is 2. The molecule has 0 N–H and O–H groups in total. The highest BCUT2D eigenvalue weighted by Crippen LogP contribution is 2.41. The Hall–Kier alpha value is -0.650. The van der Waals surface area contributed by atoms with E-state index in [-0.39, 0.29) is 18.8 Å². The second-order valence-corrected chi connectivity index (χ2v) is 2.09. The van der Waals surface area contributed by atoms with E-state index in [0.29, 0.717) is 0 Å². The zero-order valence-corrected chi connectivity index (χ0v) is 6.19. The van der Waals surface area contributed by atoms with Gasteiger partial charge in [0.25, 0.3) is 5.92 Å². The summed E-state index contributed by atoms with van der Waals surface area (Å²) in [5, 5.41) is 8.03. The summed E-state index contributed by atoms with van der Waals surface area (Å²) in [4.78, 5) is 0. The fraction of sp³-hybridized carbons (Fsp3) is 0.857. The molecule has 0 aromatic rings. The molecule has 0 radical (unpaired) electrons. The van der Waals surface area contributed by atoms with Crippen molar-refractivity contribution in [2.24, 2.45) is 5.92 Å². The smallest absolute Gasteiger partial charge is 0.207 e. The van der Waals surface area contributed by atoms with Gasteiger partial charge in [-0.3, -0.25) is 0 Å². The van der Waals surface area contributed by atoms with E-state index in [0.717, 1.165) is 0 Å². The first kappa shape index (κ1) is 9.35. The molecule has 1 rings (SSSR count). The van der Waals surface area contributed by atoms with Crippen LogP contribution in [0.25, 0.3) is 0 Å². The normalized spacial score (nSPS) is 21.5. The molecule has 0 aromatic heterocycles. The van der Waals surface area contributed by atoms with Crippen LogP contribution in [0.1, 0.15) is 26.7 Å². The minimum absolute atomic E-state index is 0.233. The van der Waals surface area contributed by atoms with E-state index in [9.17, 15) is 8.78 Å². The van der Waals surface area contributed by atoms with Gasteiger partial charge in [-0.2, -0.15) is 5.26 Å². The molecule has 1 fully saturated rings. The number of halogens is 2. The van der Waals surface area contributed by atoms with Gasteiger partial charge in [0, 0.05) is 12.8 Å². The largest absolute Gasteiger partial charge is 0.250 e. The first-order valence-corrected chi connectivity index (χ1v) is 3.41. The van der Waals surface area contributed by atoms with Crippen molar-refractivity contribution in [3.05, 3.63) is 0 Å². The van der Waals surface area contributed by atoms with Crippen molar-refractivity contribution in [2.45, 2.75) is 32.6 Å². The number of nitrogens with zero attached hydrogens (tertiary/aromatic N) is 1. The number of nitriles is 1. The zero-order chi connectivity index (χ0) is 8.20. The SMILES string of the molecule is CC.N#CC1CC(F)(F)C1. The molecule has 0 bridgehead atoms. The van der Waals surface area contributed by atoms with Crippen LogP contribution in [0.3, 0.4) is 0 Å². The third-order valence-corrected chi connectivity index (χ3v) is 1.27. The van der Waals surface area contributed by atoms with Gasteiger partial charge < -0.3 is 0 Å². The Morgan fingerprint density at radius 3 is 1.90 bits per heavy atom. The summed E-state index contributed by atoms with van der Waals surface area (Å²) in [5.74, 6) is -2.91. The fourth-order valence-electron chi connectivity index (χ4n) is 0.752. The minimum Gasteiger partial charge on any atom is -0.207 e. The second kappa shape index (κ2) is 3.50. The highest BCUT2D eigenvalue weighted by atomic mass is 19.3. The fourth-order valence-corrected chi connectivity index (χ4v) is 0.752. The predicted molar refractivity (Wildman–Crippen MR) is 34.6 cm³/mol. The highest BCUT2D eigenvalue weighted by molar-refractivity contribution is 4.98. The average molecular weight is 147 g/mol. The van der Waals surface area contributed by atoms with Crippen LogP contribution in [0.4, 0.5) is 8.78 Å². The Kier molecular flexibility index (Phi) is 3.27. The molecule has 0 amide bonds. The van der Waals surface area contributed by atoms with Crippen LogP contribution < -0.4 is 0 Å². The van der Waals surface area contributed by atoms with E-state index in [1.54, 1.807) is 6.07 Å². The number of rotatable bonds is 0. The van der Waals surface area contributed by atoms with Crippen LogP contribution in [-0.4, -0.2) is 5.92 Å². The lowest BCUT2D eigenvalue weighted by Crippen LogP contribution is -2.34. The Balaban J connectivity index is 0.000000371. The van der Waals surface area contributed by atoms with Crippen molar-refractivity contribution in [3.63, 3.8) is 0 Å². The number of hydrogen-bond donors (Lipinski definition) is 0. The van der Waals surface area contributed by atoms with E-state index >= 15 is 0 Å². The summed E-state index contributed by atoms with van der Waals surface area (Å²) in [6, 6.07) is 1.78. The first-order chi connectivity index (χ1) is 4.64. The van der Waals surface area contributed by atoms with E-state index in [1.807, 2.05) is 13.8 Å². The van der Waals surface area contributed by atoms with E-state index < -0.39 is 5.92 Å². The first-order valence-electron chi connectivity index (χ1n) is 3.41. The molecule has 0 atom stereocenters. The van der Waals surface area contributed by atoms with Crippen LogP contribution in [-0.2, 0) is 0 Å². The molecule has 0 aromatic carbocycles. The summed E-state index contributed by atoms with van der Waals surface area (Å²) in [6.45, 7) is 4.00. The van der Waals surface area contributed by atoms with Crippen molar-refractivity contribution in [2.75, 3.05) is 0 Å². The van der Waals surface area contributed by atoms with Crippen LogP contribution in [0.2, 0.25) is 0 Å². The molecule has 58 valence electrons. The van der Waals surface area contributed by atoms with E-state index in [2.05, 4.69) is 0 Å². The summed E-state index contributed by atoms with van der Waals surface area (Å²) < 4.78 is 23.6. The van der Waals surface area contributed by atoms with Gasteiger partial charge in [-0.05, 0) is 0 Å². The molecule has 1 saturated carbocycles. The van der Waals surface area contributed by atoms with Crippen LogP contribution >= 0.6 is 0 Å². The summed E-state index contributed by atoms with van der Waals surface area (Å²) in [5.41, 5.74) is 0.